The highest BCUT2D eigenvalue weighted by atomic mass is 16.3. The van der Waals surface area contributed by atoms with Gasteiger partial charge in [-0.3, -0.25) is 4.79 Å². The van der Waals surface area contributed by atoms with E-state index < -0.39 is 6.61 Å². The van der Waals surface area contributed by atoms with E-state index in [0.29, 0.717) is 12.0 Å². The highest BCUT2D eigenvalue weighted by molar-refractivity contribution is 5.76. The molecule has 0 saturated carbocycles. The number of rotatable bonds is 14. The van der Waals surface area contributed by atoms with Crippen molar-refractivity contribution in [2.24, 2.45) is 5.41 Å². The Morgan fingerprint density at radius 1 is 0.905 bits per heavy atom. The molecule has 0 bridgehead atoms. The van der Waals surface area contributed by atoms with Gasteiger partial charge in [-0.25, -0.2) is 0 Å². The molecule has 0 rings (SSSR count). The molecular formula is C18H37NO2. The Morgan fingerprint density at radius 2 is 1.48 bits per heavy atom. The van der Waals surface area contributed by atoms with Crippen molar-refractivity contribution in [1.82, 2.24) is 5.32 Å². The highest BCUT2D eigenvalue weighted by Gasteiger charge is 2.22. The zero-order valence-electron chi connectivity index (χ0n) is 14.5. The molecule has 1 atom stereocenters. The molecule has 0 aromatic rings. The van der Waals surface area contributed by atoms with Gasteiger partial charge >= 0.3 is 0 Å². The third-order valence-electron chi connectivity index (χ3n) is 4.44. The number of hydrogen-bond acceptors (Lipinski definition) is 2. The predicted molar refractivity (Wildman–Crippen MR) is 90.3 cm³/mol. The normalized spacial score (nSPS) is 13.9. The van der Waals surface area contributed by atoms with Crippen LogP contribution in [0.1, 0.15) is 91.4 Å². The van der Waals surface area contributed by atoms with Gasteiger partial charge in [0.2, 0.25) is 5.91 Å². The predicted octanol–water partition coefficient (Wildman–Crippen LogP) is 4.43. The second kappa shape index (κ2) is 13.1. The number of carbonyl (C=O) groups excluding carboxylic acids is 1. The first-order valence-electron chi connectivity index (χ1n) is 8.95. The number of hydrogen-bond donors (Lipinski definition) is 2. The minimum Gasteiger partial charge on any atom is -0.387 e. The van der Waals surface area contributed by atoms with Gasteiger partial charge in [-0.2, -0.15) is 0 Å². The van der Waals surface area contributed by atoms with Crippen molar-refractivity contribution in [2.75, 3.05) is 13.2 Å². The summed E-state index contributed by atoms with van der Waals surface area (Å²) >= 11 is 0. The van der Waals surface area contributed by atoms with Crippen LogP contribution in [-0.2, 0) is 4.79 Å². The van der Waals surface area contributed by atoms with Gasteiger partial charge in [-0.15, -0.1) is 0 Å². The van der Waals surface area contributed by atoms with Crippen LogP contribution in [0.15, 0.2) is 0 Å². The van der Waals surface area contributed by atoms with E-state index in [0.717, 1.165) is 6.42 Å². The van der Waals surface area contributed by atoms with Crippen molar-refractivity contribution >= 4 is 5.91 Å². The van der Waals surface area contributed by atoms with E-state index in [4.69, 9.17) is 5.11 Å². The monoisotopic (exact) mass is 299 g/mol. The molecule has 0 aromatic carbocycles. The minimum atomic E-state index is -0.398. The van der Waals surface area contributed by atoms with E-state index in [2.05, 4.69) is 26.1 Å². The van der Waals surface area contributed by atoms with Gasteiger partial charge in [0, 0.05) is 6.54 Å². The molecule has 1 amide bonds. The van der Waals surface area contributed by atoms with Crippen LogP contribution in [0.25, 0.3) is 0 Å². The molecule has 0 aliphatic heterocycles. The Labute approximate surface area is 131 Å². The van der Waals surface area contributed by atoms with Crippen LogP contribution in [0.3, 0.4) is 0 Å². The number of amides is 1. The molecule has 0 saturated heterocycles. The lowest BCUT2D eigenvalue weighted by Gasteiger charge is -2.30. The van der Waals surface area contributed by atoms with Crippen LogP contribution in [-0.4, -0.2) is 24.2 Å². The Kier molecular flexibility index (Phi) is 12.8. The number of nitrogens with one attached hydrogen (secondary N) is 1. The molecule has 3 nitrogen and oxygen atoms in total. The Bertz CT molecular complexity index is 256. The SMILES string of the molecule is CCCCCCCC(C)(CCCC)CCCNC(=O)CO. The summed E-state index contributed by atoms with van der Waals surface area (Å²) in [5.74, 6) is -0.259. The van der Waals surface area contributed by atoms with E-state index in [1.165, 1.54) is 64.2 Å². The Balaban J connectivity index is 3.99. The quantitative estimate of drug-likeness (QED) is 0.466. The molecule has 1 unspecified atom stereocenters. The number of carbonyl (C=O) groups is 1. The first kappa shape index (κ1) is 20.4. The largest absolute Gasteiger partial charge is 0.387 e. The zero-order valence-corrected chi connectivity index (χ0v) is 14.5. The van der Waals surface area contributed by atoms with E-state index in [9.17, 15) is 4.79 Å². The summed E-state index contributed by atoms with van der Waals surface area (Å²) in [7, 11) is 0. The van der Waals surface area contributed by atoms with E-state index in [1.54, 1.807) is 0 Å². The third kappa shape index (κ3) is 11.7. The number of aliphatic hydroxyl groups is 1. The van der Waals surface area contributed by atoms with Crippen LogP contribution in [0.2, 0.25) is 0 Å². The van der Waals surface area contributed by atoms with Crippen molar-refractivity contribution in [3.63, 3.8) is 0 Å². The average molecular weight is 299 g/mol. The lowest BCUT2D eigenvalue weighted by atomic mass is 9.76. The molecule has 0 aliphatic carbocycles. The summed E-state index contributed by atoms with van der Waals surface area (Å²) < 4.78 is 0. The van der Waals surface area contributed by atoms with E-state index in [-0.39, 0.29) is 5.91 Å². The summed E-state index contributed by atoms with van der Waals surface area (Å²) in [5, 5.41) is 11.4. The molecule has 0 aromatic heterocycles. The average Bonchev–Trinajstić information content (AvgIpc) is 2.49. The molecule has 0 fully saturated rings. The van der Waals surface area contributed by atoms with E-state index in [1.807, 2.05) is 0 Å². The van der Waals surface area contributed by atoms with Crippen LogP contribution in [0.4, 0.5) is 0 Å². The van der Waals surface area contributed by atoms with Crippen molar-refractivity contribution in [2.45, 2.75) is 91.4 Å². The summed E-state index contributed by atoms with van der Waals surface area (Å²) in [4.78, 5) is 11.0. The Hall–Kier alpha value is -0.570. The fourth-order valence-corrected chi connectivity index (χ4v) is 2.93. The summed E-state index contributed by atoms with van der Waals surface area (Å²) in [6.07, 6.45) is 14.1. The van der Waals surface area contributed by atoms with Gasteiger partial charge in [0.05, 0.1) is 0 Å². The molecule has 2 N–H and O–H groups in total. The topological polar surface area (TPSA) is 49.3 Å². The fourth-order valence-electron chi connectivity index (χ4n) is 2.93. The lowest BCUT2D eigenvalue weighted by Crippen LogP contribution is -2.28. The highest BCUT2D eigenvalue weighted by Crippen LogP contribution is 2.35. The first-order valence-corrected chi connectivity index (χ1v) is 8.95. The first-order chi connectivity index (χ1) is 10.1. The molecule has 0 aliphatic rings. The molecule has 0 radical (unpaired) electrons. The molecule has 3 heteroatoms. The lowest BCUT2D eigenvalue weighted by molar-refractivity contribution is -0.123. The number of aliphatic hydroxyl groups excluding tert-OH is 1. The second-order valence-electron chi connectivity index (χ2n) is 6.69. The van der Waals surface area contributed by atoms with Gasteiger partial charge in [0.15, 0.2) is 0 Å². The second-order valence-corrected chi connectivity index (χ2v) is 6.69. The third-order valence-corrected chi connectivity index (χ3v) is 4.44. The molecule has 21 heavy (non-hydrogen) atoms. The van der Waals surface area contributed by atoms with E-state index >= 15 is 0 Å². The summed E-state index contributed by atoms with van der Waals surface area (Å²) in [5.41, 5.74) is 0.423. The molecular weight excluding hydrogens is 262 g/mol. The maximum Gasteiger partial charge on any atom is 0.245 e. The van der Waals surface area contributed by atoms with Crippen molar-refractivity contribution in [3.8, 4) is 0 Å². The summed E-state index contributed by atoms with van der Waals surface area (Å²) in [6, 6.07) is 0. The number of unbranched alkanes of at least 4 members (excludes halogenated alkanes) is 5. The van der Waals surface area contributed by atoms with Crippen LogP contribution >= 0.6 is 0 Å². The van der Waals surface area contributed by atoms with Crippen molar-refractivity contribution < 1.29 is 9.90 Å². The van der Waals surface area contributed by atoms with Crippen LogP contribution in [0.5, 0.6) is 0 Å². The maximum absolute atomic E-state index is 11.0. The van der Waals surface area contributed by atoms with Gasteiger partial charge in [-0.05, 0) is 31.1 Å². The zero-order chi connectivity index (χ0) is 16.0. The maximum atomic E-state index is 11.0. The van der Waals surface area contributed by atoms with Gasteiger partial charge < -0.3 is 10.4 Å². The standard InChI is InChI=1S/C18H37NO2/c1-4-6-8-9-10-13-18(3,12-7-5-2)14-11-15-19-17(21)16-20/h20H,4-16H2,1-3H3,(H,19,21). The fraction of sp³-hybridized carbons (Fsp3) is 0.944. The molecule has 0 heterocycles. The Morgan fingerprint density at radius 3 is 2.10 bits per heavy atom. The molecule has 0 spiro atoms. The van der Waals surface area contributed by atoms with Crippen LogP contribution < -0.4 is 5.32 Å². The van der Waals surface area contributed by atoms with Crippen molar-refractivity contribution in [1.29, 1.82) is 0 Å². The van der Waals surface area contributed by atoms with Gasteiger partial charge in [-0.1, -0.05) is 65.7 Å². The van der Waals surface area contributed by atoms with Gasteiger partial charge in [0.1, 0.15) is 6.61 Å². The smallest absolute Gasteiger partial charge is 0.245 e. The minimum absolute atomic E-state index is 0.259. The summed E-state index contributed by atoms with van der Waals surface area (Å²) in [6.45, 7) is 7.22. The van der Waals surface area contributed by atoms with Crippen molar-refractivity contribution in [3.05, 3.63) is 0 Å². The molecule has 126 valence electrons. The van der Waals surface area contributed by atoms with Crippen LogP contribution in [0, 0.1) is 5.41 Å². The van der Waals surface area contributed by atoms with Gasteiger partial charge in [0.25, 0.3) is 0 Å².